The van der Waals surface area contributed by atoms with E-state index in [0.29, 0.717) is 0 Å². The van der Waals surface area contributed by atoms with Crippen LogP contribution in [0.2, 0.25) is 0 Å². The third-order valence-corrected chi connectivity index (χ3v) is 2.11. The summed E-state index contributed by atoms with van der Waals surface area (Å²) in [5, 5.41) is 19.2. The third-order valence-electron chi connectivity index (χ3n) is 2.11. The Morgan fingerprint density at radius 2 is 1.93 bits per heavy atom. The lowest BCUT2D eigenvalue weighted by Gasteiger charge is -2.11. The van der Waals surface area contributed by atoms with Crippen molar-refractivity contribution in [3.05, 3.63) is 20.2 Å². The molecule has 80 valence electrons. The van der Waals surface area contributed by atoms with E-state index in [2.05, 4.69) is 4.84 Å². The highest BCUT2D eigenvalue weighted by Gasteiger charge is 2.32. The van der Waals surface area contributed by atoms with Gasteiger partial charge in [0.15, 0.2) is 0 Å². The van der Waals surface area contributed by atoms with Gasteiger partial charge in [-0.1, -0.05) is 0 Å². The van der Waals surface area contributed by atoms with Crippen LogP contribution in [0.3, 0.4) is 0 Å². The average Bonchev–Trinajstić information content (AvgIpc) is 2.47. The molecule has 1 rings (SSSR count). The second-order valence-corrected chi connectivity index (χ2v) is 3.09. The maximum Gasteiger partial charge on any atom is 0.294 e. The zero-order valence-corrected chi connectivity index (χ0v) is 7.33. The van der Waals surface area contributed by atoms with E-state index in [4.69, 9.17) is 4.74 Å². The van der Waals surface area contributed by atoms with Gasteiger partial charge in [-0.25, -0.2) is 0 Å². The van der Waals surface area contributed by atoms with Crippen LogP contribution in [0.15, 0.2) is 0 Å². The first-order valence-electron chi connectivity index (χ1n) is 4.06. The molecule has 0 bridgehead atoms. The highest BCUT2D eigenvalue weighted by atomic mass is 16.9. The van der Waals surface area contributed by atoms with Gasteiger partial charge in [-0.3, -0.25) is 10.1 Å². The molecule has 0 aromatic heterocycles. The van der Waals surface area contributed by atoms with Crippen molar-refractivity contribution in [1.29, 1.82) is 0 Å². The van der Waals surface area contributed by atoms with Crippen LogP contribution in [0.4, 0.5) is 0 Å². The summed E-state index contributed by atoms with van der Waals surface area (Å²) < 4.78 is 5.00. The van der Waals surface area contributed by atoms with E-state index in [1.54, 1.807) is 0 Å². The Kier molecular flexibility index (Phi) is 3.57. The Hall–Kier alpha value is -1.44. The highest BCUT2D eigenvalue weighted by Crippen LogP contribution is 2.21. The Morgan fingerprint density at radius 3 is 2.50 bits per heavy atom. The van der Waals surface area contributed by atoms with Gasteiger partial charge >= 0.3 is 0 Å². The normalized spacial score (nSPS) is 26.0. The van der Waals surface area contributed by atoms with Crippen molar-refractivity contribution in [2.45, 2.75) is 0 Å². The number of ether oxygens (including phenoxy) is 1. The van der Waals surface area contributed by atoms with Gasteiger partial charge in [0.2, 0.25) is 6.54 Å². The van der Waals surface area contributed by atoms with Gasteiger partial charge in [0, 0.05) is 10.8 Å². The Morgan fingerprint density at radius 1 is 1.29 bits per heavy atom. The van der Waals surface area contributed by atoms with Crippen LogP contribution in [0.1, 0.15) is 0 Å². The van der Waals surface area contributed by atoms with Crippen LogP contribution in [-0.2, 0) is 9.57 Å². The molecular formula is C6H10N2O6. The minimum atomic E-state index is -0.901. The van der Waals surface area contributed by atoms with Crippen molar-refractivity contribution >= 4 is 0 Å². The second-order valence-electron chi connectivity index (χ2n) is 3.09. The molecule has 0 aliphatic carbocycles. The average molecular weight is 206 g/mol. The molecule has 1 aliphatic rings. The van der Waals surface area contributed by atoms with Gasteiger partial charge in [0.1, 0.15) is 6.61 Å². The molecule has 1 saturated heterocycles. The summed E-state index contributed by atoms with van der Waals surface area (Å²) in [6.07, 6.45) is 0. The number of nitrogens with zero attached hydrogens (tertiary/aromatic N) is 2. The molecule has 0 saturated carbocycles. The van der Waals surface area contributed by atoms with Crippen LogP contribution in [0, 0.1) is 32.1 Å². The summed E-state index contributed by atoms with van der Waals surface area (Å²) in [5.74, 6) is -0.546. The molecule has 2 atom stereocenters. The molecule has 0 radical (unpaired) electrons. The van der Waals surface area contributed by atoms with E-state index >= 15 is 0 Å². The molecule has 0 amide bonds. The standard InChI is InChI=1S/C6H10N2O6/c9-7(10)1-5-2-13-3-6(5)4-14-8(11)12/h5-6H,1-4H2/t5-,6-/m1/s1. The lowest BCUT2D eigenvalue weighted by atomic mass is 9.97. The summed E-state index contributed by atoms with van der Waals surface area (Å²) in [6, 6.07) is 0. The zero-order chi connectivity index (χ0) is 10.6. The molecule has 0 aromatic carbocycles. The molecule has 1 aliphatic heterocycles. The van der Waals surface area contributed by atoms with Gasteiger partial charge in [-0.15, -0.1) is 10.1 Å². The summed E-state index contributed by atoms with van der Waals surface area (Å²) in [7, 11) is 0. The first-order chi connectivity index (χ1) is 6.59. The number of hydrogen-bond acceptors (Lipinski definition) is 6. The van der Waals surface area contributed by atoms with Crippen LogP contribution in [0.25, 0.3) is 0 Å². The predicted molar refractivity (Wildman–Crippen MR) is 42.6 cm³/mol. The van der Waals surface area contributed by atoms with Crippen molar-refractivity contribution in [2.75, 3.05) is 26.4 Å². The van der Waals surface area contributed by atoms with E-state index in [1.807, 2.05) is 0 Å². The van der Waals surface area contributed by atoms with Crippen LogP contribution in [0.5, 0.6) is 0 Å². The zero-order valence-electron chi connectivity index (χ0n) is 7.33. The molecule has 0 N–H and O–H groups in total. The molecule has 0 unspecified atom stereocenters. The largest absolute Gasteiger partial charge is 0.381 e. The molecule has 0 aromatic rings. The molecule has 14 heavy (non-hydrogen) atoms. The fraction of sp³-hybridized carbons (Fsp3) is 1.00. The minimum absolute atomic E-state index is 0.133. The number of rotatable bonds is 5. The van der Waals surface area contributed by atoms with Gasteiger partial charge in [-0.2, -0.15) is 0 Å². The van der Waals surface area contributed by atoms with E-state index in [1.165, 1.54) is 0 Å². The fourth-order valence-electron chi connectivity index (χ4n) is 1.38. The maximum absolute atomic E-state index is 10.2. The van der Waals surface area contributed by atoms with Crippen molar-refractivity contribution in [1.82, 2.24) is 0 Å². The molecular weight excluding hydrogens is 196 g/mol. The summed E-state index contributed by atoms with van der Waals surface area (Å²) in [5.41, 5.74) is 0. The van der Waals surface area contributed by atoms with Crippen LogP contribution < -0.4 is 0 Å². The van der Waals surface area contributed by atoms with Crippen LogP contribution in [-0.4, -0.2) is 36.4 Å². The van der Waals surface area contributed by atoms with Gasteiger partial charge in [-0.05, 0) is 0 Å². The number of hydrogen-bond donors (Lipinski definition) is 0. The Bertz CT molecular complexity index is 232. The van der Waals surface area contributed by atoms with E-state index in [0.717, 1.165) is 0 Å². The van der Waals surface area contributed by atoms with E-state index in [9.17, 15) is 20.2 Å². The Labute approximate surface area is 79.0 Å². The first-order valence-corrected chi connectivity index (χ1v) is 4.06. The van der Waals surface area contributed by atoms with Gasteiger partial charge < -0.3 is 9.57 Å². The molecule has 8 nitrogen and oxygen atoms in total. The summed E-state index contributed by atoms with van der Waals surface area (Å²) in [4.78, 5) is 23.8. The lowest BCUT2D eigenvalue weighted by Crippen LogP contribution is -2.26. The van der Waals surface area contributed by atoms with Crippen molar-refractivity contribution < 1.29 is 19.6 Å². The summed E-state index contributed by atoms with van der Waals surface area (Å²) in [6.45, 7) is 0.191. The number of nitro groups is 1. The van der Waals surface area contributed by atoms with E-state index in [-0.39, 0.29) is 38.2 Å². The molecule has 0 spiro atoms. The third kappa shape index (κ3) is 3.13. The van der Waals surface area contributed by atoms with Crippen molar-refractivity contribution in [3.8, 4) is 0 Å². The Balaban J connectivity index is 2.35. The minimum Gasteiger partial charge on any atom is -0.381 e. The smallest absolute Gasteiger partial charge is 0.294 e. The van der Waals surface area contributed by atoms with Crippen molar-refractivity contribution in [3.63, 3.8) is 0 Å². The summed E-state index contributed by atoms with van der Waals surface area (Å²) >= 11 is 0. The molecule has 1 fully saturated rings. The highest BCUT2D eigenvalue weighted by molar-refractivity contribution is 4.73. The van der Waals surface area contributed by atoms with E-state index < -0.39 is 10.0 Å². The first kappa shape index (κ1) is 10.6. The van der Waals surface area contributed by atoms with Gasteiger partial charge in [0.05, 0.1) is 19.1 Å². The van der Waals surface area contributed by atoms with Gasteiger partial charge in [0.25, 0.3) is 5.09 Å². The lowest BCUT2D eigenvalue weighted by molar-refractivity contribution is -0.759. The van der Waals surface area contributed by atoms with Crippen molar-refractivity contribution in [2.24, 2.45) is 11.8 Å². The maximum atomic E-state index is 10.2. The molecule has 1 heterocycles. The SMILES string of the molecule is O=[N+]([O-])C[C@@H]1COC[C@@H]1CO[N+](=O)[O-]. The second kappa shape index (κ2) is 4.70. The quantitative estimate of drug-likeness (QED) is 0.453. The van der Waals surface area contributed by atoms with Crippen LogP contribution >= 0.6 is 0 Å². The topological polar surface area (TPSA) is 105 Å². The fourth-order valence-corrected chi connectivity index (χ4v) is 1.38. The monoisotopic (exact) mass is 206 g/mol. The molecule has 8 heteroatoms. The predicted octanol–water partition coefficient (Wildman–Crippen LogP) is -0.266.